The molecule has 0 aromatic heterocycles. The lowest BCUT2D eigenvalue weighted by atomic mass is 10.1. The number of ether oxygens (including phenoxy) is 2. The van der Waals surface area contributed by atoms with Gasteiger partial charge in [-0.25, -0.2) is 0 Å². The maximum atomic E-state index is 9.68. The highest BCUT2D eigenvalue weighted by Gasteiger charge is 2.48. The van der Waals surface area contributed by atoms with E-state index in [4.69, 9.17) is 13.9 Å². The minimum absolute atomic E-state index is 0.0526. The van der Waals surface area contributed by atoms with Crippen molar-refractivity contribution in [1.29, 1.82) is 0 Å². The molecule has 0 radical (unpaired) electrons. The zero-order chi connectivity index (χ0) is 17.9. The Hall–Kier alpha value is -0.203. The van der Waals surface area contributed by atoms with Crippen LogP contribution in [0.4, 0.5) is 0 Å². The SMILES string of the molecule is CC/C=C\C[C@H](O[Si](C)(C)C(C)(C)C)[C@@H]1OC(C)(C)O[C@H]1CO. The summed E-state index contributed by atoms with van der Waals surface area (Å²) in [5.74, 6) is -0.679. The lowest BCUT2D eigenvalue weighted by Crippen LogP contribution is -2.49. The van der Waals surface area contributed by atoms with Crippen LogP contribution in [-0.4, -0.2) is 44.1 Å². The van der Waals surface area contributed by atoms with Gasteiger partial charge in [-0.2, -0.15) is 0 Å². The Morgan fingerprint density at radius 3 is 2.30 bits per heavy atom. The summed E-state index contributed by atoms with van der Waals surface area (Å²) < 4.78 is 18.6. The molecule has 1 aliphatic rings. The Morgan fingerprint density at radius 2 is 1.83 bits per heavy atom. The molecular weight excluding hydrogens is 308 g/mol. The van der Waals surface area contributed by atoms with Gasteiger partial charge in [0.1, 0.15) is 12.2 Å². The molecule has 4 nitrogen and oxygen atoms in total. The maximum Gasteiger partial charge on any atom is 0.192 e. The van der Waals surface area contributed by atoms with Gasteiger partial charge >= 0.3 is 0 Å². The predicted octanol–water partition coefficient (Wildman–Crippen LogP) is 4.25. The van der Waals surface area contributed by atoms with Crippen molar-refractivity contribution < 1.29 is 19.0 Å². The molecule has 23 heavy (non-hydrogen) atoms. The number of aliphatic hydroxyl groups is 1. The number of hydrogen-bond donors (Lipinski definition) is 1. The van der Waals surface area contributed by atoms with Crippen LogP contribution in [-0.2, 0) is 13.9 Å². The Bertz CT molecular complexity index is 398. The van der Waals surface area contributed by atoms with Gasteiger partial charge in [0.15, 0.2) is 14.1 Å². The molecule has 1 saturated heterocycles. The molecule has 0 saturated carbocycles. The highest BCUT2D eigenvalue weighted by molar-refractivity contribution is 6.74. The molecule has 0 amide bonds. The first-order valence-corrected chi connectivity index (χ1v) is 11.6. The summed E-state index contributed by atoms with van der Waals surface area (Å²) >= 11 is 0. The highest BCUT2D eigenvalue weighted by Crippen LogP contribution is 2.40. The van der Waals surface area contributed by atoms with Crippen LogP contribution in [0.25, 0.3) is 0 Å². The van der Waals surface area contributed by atoms with Crippen molar-refractivity contribution in [2.24, 2.45) is 0 Å². The topological polar surface area (TPSA) is 47.9 Å². The van der Waals surface area contributed by atoms with Crippen molar-refractivity contribution in [1.82, 2.24) is 0 Å². The second kappa shape index (κ2) is 7.79. The zero-order valence-corrected chi connectivity index (χ0v) is 17.2. The summed E-state index contributed by atoms with van der Waals surface area (Å²) in [6.07, 6.45) is 5.40. The van der Waals surface area contributed by atoms with E-state index in [1.54, 1.807) is 0 Å². The number of rotatable bonds is 7. The minimum Gasteiger partial charge on any atom is -0.411 e. The van der Waals surface area contributed by atoms with Gasteiger partial charge < -0.3 is 19.0 Å². The summed E-state index contributed by atoms with van der Waals surface area (Å²) in [5, 5.41) is 9.81. The van der Waals surface area contributed by atoms with Crippen LogP contribution in [0.3, 0.4) is 0 Å². The van der Waals surface area contributed by atoms with Gasteiger partial charge in [-0.3, -0.25) is 0 Å². The van der Waals surface area contributed by atoms with E-state index in [0.29, 0.717) is 0 Å². The molecule has 0 bridgehead atoms. The average Bonchev–Trinajstić information content (AvgIpc) is 2.71. The summed E-state index contributed by atoms with van der Waals surface area (Å²) in [6, 6.07) is 0. The average molecular weight is 345 g/mol. The summed E-state index contributed by atoms with van der Waals surface area (Å²) in [5.41, 5.74) is 0. The smallest absolute Gasteiger partial charge is 0.192 e. The fourth-order valence-electron chi connectivity index (χ4n) is 2.52. The van der Waals surface area contributed by atoms with Crippen molar-refractivity contribution in [2.75, 3.05) is 6.61 Å². The first-order valence-electron chi connectivity index (χ1n) is 8.73. The molecular formula is C18H36O4Si. The molecule has 5 heteroatoms. The number of hydrogen-bond acceptors (Lipinski definition) is 4. The molecule has 1 heterocycles. The molecule has 0 aliphatic carbocycles. The van der Waals surface area contributed by atoms with E-state index in [1.165, 1.54) is 0 Å². The largest absolute Gasteiger partial charge is 0.411 e. The number of aliphatic hydroxyl groups excluding tert-OH is 1. The standard InChI is InChI=1S/C18H36O4Si/c1-9-10-11-12-14(22-23(7,8)17(2,3)4)16-15(13-19)20-18(5,6)21-16/h10-11,14-16,19H,9,12-13H2,1-8H3/b11-10-/t14-,15-,16-/m0/s1. The second-order valence-corrected chi connectivity index (χ2v) is 13.1. The first-order chi connectivity index (χ1) is 10.4. The minimum atomic E-state index is -1.94. The van der Waals surface area contributed by atoms with Crippen LogP contribution in [0.5, 0.6) is 0 Å². The Morgan fingerprint density at radius 1 is 1.22 bits per heavy atom. The fraction of sp³-hybridized carbons (Fsp3) is 0.889. The van der Waals surface area contributed by atoms with Crippen LogP contribution < -0.4 is 0 Å². The molecule has 1 aliphatic heterocycles. The number of allylic oxidation sites excluding steroid dienone is 1. The van der Waals surface area contributed by atoms with Crippen LogP contribution in [0.2, 0.25) is 18.1 Å². The molecule has 1 N–H and O–H groups in total. The van der Waals surface area contributed by atoms with Crippen molar-refractivity contribution in [3.63, 3.8) is 0 Å². The summed E-state index contributed by atoms with van der Waals surface area (Å²) in [6.45, 7) is 17.0. The molecule has 1 fully saturated rings. The second-order valence-electron chi connectivity index (χ2n) is 8.35. The Kier molecular flexibility index (Phi) is 7.05. The molecule has 1 rings (SSSR count). The third-order valence-electron chi connectivity index (χ3n) is 4.79. The zero-order valence-electron chi connectivity index (χ0n) is 16.2. The fourth-order valence-corrected chi connectivity index (χ4v) is 3.86. The maximum absolute atomic E-state index is 9.68. The Labute approximate surface area is 143 Å². The first kappa shape index (κ1) is 20.8. The van der Waals surface area contributed by atoms with E-state index in [1.807, 2.05) is 13.8 Å². The van der Waals surface area contributed by atoms with Gasteiger partial charge in [-0.15, -0.1) is 0 Å². The molecule has 136 valence electrons. The lowest BCUT2D eigenvalue weighted by Gasteiger charge is -2.41. The van der Waals surface area contributed by atoms with E-state index < -0.39 is 14.1 Å². The molecule has 3 atom stereocenters. The third-order valence-corrected chi connectivity index (χ3v) is 9.30. The van der Waals surface area contributed by atoms with Crippen LogP contribution >= 0.6 is 0 Å². The normalized spacial score (nSPS) is 26.8. The van der Waals surface area contributed by atoms with Crippen molar-refractivity contribution >= 4 is 8.32 Å². The lowest BCUT2D eigenvalue weighted by molar-refractivity contribution is -0.155. The van der Waals surface area contributed by atoms with Gasteiger partial charge in [-0.05, 0) is 44.8 Å². The molecule has 0 spiro atoms. The van der Waals surface area contributed by atoms with Gasteiger partial charge in [-0.1, -0.05) is 39.8 Å². The van der Waals surface area contributed by atoms with Gasteiger partial charge in [0.25, 0.3) is 0 Å². The van der Waals surface area contributed by atoms with E-state index in [9.17, 15) is 5.11 Å². The van der Waals surface area contributed by atoms with Crippen LogP contribution in [0.1, 0.15) is 54.4 Å². The predicted molar refractivity (Wildman–Crippen MR) is 97.0 cm³/mol. The molecule has 0 unspecified atom stereocenters. The van der Waals surface area contributed by atoms with Crippen molar-refractivity contribution in [3.05, 3.63) is 12.2 Å². The quantitative estimate of drug-likeness (QED) is 0.554. The van der Waals surface area contributed by atoms with E-state index in [0.717, 1.165) is 12.8 Å². The van der Waals surface area contributed by atoms with Crippen molar-refractivity contribution in [3.8, 4) is 0 Å². The van der Waals surface area contributed by atoms with Crippen LogP contribution in [0.15, 0.2) is 12.2 Å². The van der Waals surface area contributed by atoms with Crippen LogP contribution in [0, 0.1) is 0 Å². The van der Waals surface area contributed by atoms with Gasteiger partial charge in [0.2, 0.25) is 0 Å². The van der Waals surface area contributed by atoms with Gasteiger partial charge in [0.05, 0.1) is 12.7 Å². The van der Waals surface area contributed by atoms with Crippen molar-refractivity contribution in [2.45, 2.75) is 96.6 Å². The summed E-state index contributed by atoms with van der Waals surface area (Å²) in [7, 11) is -1.94. The van der Waals surface area contributed by atoms with Gasteiger partial charge in [0, 0.05) is 0 Å². The molecule has 0 aromatic rings. The van der Waals surface area contributed by atoms with E-state index in [2.05, 4.69) is 52.9 Å². The third kappa shape index (κ3) is 5.68. The highest BCUT2D eigenvalue weighted by atomic mass is 28.4. The monoisotopic (exact) mass is 344 g/mol. The van der Waals surface area contributed by atoms with E-state index >= 15 is 0 Å². The van der Waals surface area contributed by atoms with E-state index in [-0.39, 0.29) is 30.0 Å². The summed E-state index contributed by atoms with van der Waals surface area (Å²) in [4.78, 5) is 0. The molecule has 0 aromatic carbocycles. The Balaban J connectivity index is 2.98.